The van der Waals surface area contributed by atoms with Crippen molar-refractivity contribution >= 4 is 5.91 Å². The smallest absolute Gasteiger partial charge is 0.253 e. The fourth-order valence-electron chi connectivity index (χ4n) is 1.84. The molecule has 1 aromatic heterocycles. The average Bonchev–Trinajstić information content (AvgIpc) is 2.47. The highest BCUT2D eigenvalue weighted by atomic mass is 19.1. The lowest BCUT2D eigenvalue weighted by atomic mass is 10.1. The first-order valence-corrected chi connectivity index (χ1v) is 6.30. The Morgan fingerprint density at radius 2 is 2.05 bits per heavy atom. The molecule has 2 rings (SSSR count). The minimum atomic E-state index is -0.530. The van der Waals surface area contributed by atoms with Crippen molar-refractivity contribution in [2.75, 3.05) is 0 Å². The minimum absolute atomic E-state index is 0.183. The van der Waals surface area contributed by atoms with Crippen LogP contribution in [0, 0.1) is 5.82 Å². The summed E-state index contributed by atoms with van der Waals surface area (Å²) < 4.78 is 13.0. The number of carbonyl (C=O) groups excluding carboxylic acids is 1. The Morgan fingerprint density at radius 3 is 2.65 bits per heavy atom. The highest BCUT2D eigenvalue weighted by Gasteiger charge is 2.12. The third kappa shape index (κ3) is 3.39. The summed E-state index contributed by atoms with van der Waals surface area (Å²) in [5, 5.41) is 2.80. The zero-order valence-electron chi connectivity index (χ0n) is 11.1. The van der Waals surface area contributed by atoms with Crippen LogP contribution in [-0.2, 0) is 6.54 Å². The molecule has 0 saturated heterocycles. The number of pyridine rings is 1. The molecule has 0 saturated carbocycles. The second-order valence-electron chi connectivity index (χ2n) is 4.53. The quantitative estimate of drug-likeness (QED) is 0.897. The predicted molar refractivity (Wildman–Crippen MR) is 74.4 cm³/mol. The Balaban J connectivity index is 2.06. The van der Waals surface area contributed by atoms with Crippen molar-refractivity contribution in [2.24, 2.45) is 5.73 Å². The summed E-state index contributed by atoms with van der Waals surface area (Å²) in [7, 11) is 0. The van der Waals surface area contributed by atoms with Crippen LogP contribution < -0.4 is 11.1 Å². The molecule has 0 bridgehead atoms. The van der Waals surface area contributed by atoms with E-state index in [0.29, 0.717) is 6.54 Å². The molecule has 104 valence electrons. The second-order valence-corrected chi connectivity index (χ2v) is 4.53. The maximum absolute atomic E-state index is 13.0. The number of halogens is 1. The van der Waals surface area contributed by atoms with Crippen molar-refractivity contribution in [3.63, 3.8) is 0 Å². The van der Waals surface area contributed by atoms with Gasteiger partial charge in [0.15, 0.2) is 0 Å². The molecular weight excluding hydrogens is 257 g/mol. The topological polar surface area (TPSA) is 68.0 Å². The fraction of sp³-hybridized carbons (Fsp3) is 0.200. The van der Waals surface area contributed by atoms with E-state index in [1.54, 1.807) is 0 Å². The van der Waals surface area contributed by atoms with Gasteiger partial charge in [-0.3, -0.25) is 9.78 Å². The number of nitrogens with one attached hydrogen (secondary N) is 1. The molecule has 0 fully saturated rings. The highest BCUT2D eigenvalue weighted by molar-refractivity contribution is 5.94. The first-order chi connectivity index (χ1) is 9.60. The van der Waals surface area contributed by atoms with Crippen molar-refractivity contribution in [2.45, 2.75) is 19.5 Å². The van der Waals surface area contributed by atoms with E-state index in [1.807, 2.05) is 31.2 Å². The number of nitrogens with zero attached hydrogens (tertiary/aromatic N) is 1. The Morgan fingerprint density at radius 1 is 1.35 bits per heavy atom. The monoisotopic (exact) mass is 273 g/mol. The first-order valence-electron chi connectivity index (χ1n) is 6.30. The summed E-state index contributed by atoms with van der Waals surface area (Å²) in [6.07, 6.45) is 2.40. The summed E-state index contributed by atoms with van der Waals surface area (Å²) >= 11 is 0. The van der Waals surface area contributed by atoms with Gasteiger partial charge in [-0.05, 0) is 24.1 Å². The molecule has 1 atom stereocenters. The summed E-state index contributed by atoms with van der Waals surface area (Å²) in [6, 6.07) is 8.64. The summed E-state index contributed by atoms with van der Waals surface area (Å²) in [5.74, 6) is -0.884. The lowest BCUT2D eigenvalue weighted by molar-refractivity contribution is 0.0939. The predicted octanol–water partition coefficient (Wildman–Crippen LogP) is 2.17. The van der Waals surface area contributed by atoms with E-state index in [1.165, 1.54) is 6.20 Å². The van der Waals surface area contributed by atoms with Crippen LogP contribution in [0.1, 0.15) is 34.5 Å². The van der Waals surface area contributed by atoms with Crippen molar-refractivity contribution in [3.8, 4) is 0 Å². The van der Waals surface area contributed by atoms with E-state index in [9.17, 15) is 9.18 Å². The van der Waals surface area contributed by atoms with Crippen LogP contribution in [0.15, 0.2) is 42.7 Å². The number of hydrogen-bond donors (Lipinski definition) is 2. The summed E-state index contributed by atoms with van der Waals surface area (Å²) in [4.78, 5) is 15.6. The Kier molecular flexibility index (Phi) is 4.42. The van der Waals surface area contributed by atoms with Crippen LogP contribution >= 0.6 is 0 Å². The number of nitrogens with two attached hydrogens (primary N) is 1. The fourth-order valence-corrected chi connectivity index (χ4v) is 1.84. The molecule has 0 aliphatic carbocycles. The third-order valence-corrected chi connectivity index (χ3v) is 3.03. The van der Waals surface area contributed by atoms with Crippen LogP contribution in [0.3, 0.4) is 0 Å². The number of amides is 1. The first kappa shape index (κ1) is 14.1. The van der Waals surface area contributed by atoms with Crippen LogP contribution in [0.4, 0.5) is 4.39 Å². The van der Waals surface area contributed by atoms with Crippen molar-refractivity contribution in [3.05, 3.63) is 65.2 Å². The van der Waals surface area contributed by atoms with E-state index in [2.05, 4.69) is 10.3 Å². The molecule has 5 heteroatoms. The normalized spacial score (nSPS) is 11.9. The number of rotatable bonds is 4. The maximum Gasteiger partial charge on any atom is 0.253 e. The van der Waals surface area contributed by atoms with Gasteiger partial charge in [0.2, 0.25) is 0 Å². The number of carbonyl (C=O) groups is 1. The molecule has 1 amide bonds. The van der Waals surface area contributed by atoms with E-state index >= 15 is 0 Å². The average molecular weight is 273 g/mol. The second kappa shape index (κ2) is 6.25. The van der Waals surface area contributed by atoms with Gasteiger partial charge in [-0.2, -0.15) is 0 Å². The maximum atomic E-state index is 13.0. The van der Waals surface area contributed by atoms with Gasteiger partial charge in [0, 0.05) is 12.7 Å². The van der Waals surface area contributed by atoms with Gasteiger partial charge in [-0.1, -0.05) is 24.3 Å². The van der Waals surface area contributed by atoms with Gasteiger partial charge in [-0.25, -0.2) is 4.39 Å². The number of aromatic nitrogens is 1. The van der Waals surface area contributed by atoms with Crippen molar-refractivity contribution < 1.29 is 9.18 Å². The molecule has 20 heavy (non-hydrogen) atoms. The molecule has 1 aromatic carbocycles. The number of hydrogen-bond acceptors (Lipinski definition) is 3. The van der Waals surface area contributed by atoms with Crippen LogP contribution in [-0.4, -0.2) is 10.9 Å². The standard InChI is InChI=1S/C15H16FN3O/c1-10(12-4-2-11(7-17)3-5-12)19-15(20)13-6-14(16)9-18-8-13/h2-6,8-10H,7,17H2,1H3,(H,19,20). The highest BCUT2D eigenvalue weighted by Crippen LogP contribution is 2.14. The zero-order valence-corrected chi connectivity index (χ0v) is 11.1. The molecule has 3 N–H and O–H groups in total. The summed E-state index contributed by atoms with van der Waals surface area (Å²) in [5.41, 5.74) is 7.73. The zero-order chi connectivity index (χ0) is 14.5. The third-order valence-electron chi connectivity index (χ3n) is 3.03. The number of benzene rings is 1. The van der Waals surface area contributed by atoms with Gasteiger partial charge in [0.05, 0.1) is 17.8 Å². The van der Waals surface area contributed by atoms with Crippen molar-refractivity contribution in [1.82, 2.24) is 10.3 Å². The van der Waals surface area contributed by atoms with Crippen LogP contribution in [0.2, 0.25) is 0 Å². The molecule has 0 aliphatic heterocycles. The van der Waals surface area contributed by atoms with E-state index in [0.717, 1.165) is 23.4 Å². The molecular formula is C15H16FN3O. The van der Waals surface area contributed by atoms with Gasteiger partial charge in [0.1, 0.15) is 5.82 Å². The van der Waals surface area contributed by atoms with Gasteiger partial charge in [0.25, 0.3) is 5.91 Å². The largest absolute Gasteiger partial charge is 0.345 e. The molecule has 1 unspecified atom stereocenters. The lowest BCUT2D eigenvalue weighted by Crippen LogP contribution is -2.26. The molecule has 0 radical (unpaired) electrons. The van der Waals surface area contributed by atoms with Crippen LogP contribution in [0.25, 0.3) is 0 Å². The van der Waals surface area contributed by atoms with Crippen LogP contribution in [0.5, 0.6) is 0 Å². The molecule has 4 nitrogen and oxygen atoms in total. The van der Waals surface area contributed by atoms with Gasteiger partial charge in [-0.15, -0.1) is 0 Å². The Labute approximate surface area is 116 Å². The van der Waals surface area contributed by atoms with Gasteiger partial charge < -0.3 is 11.1 Å². The molecule has 1 heterocycles. The van der Waals surface area contributed by atoms with Crippen molar-refractivity contribution in [1.29, 1.82) is 0 Å². The van der Waals surface area contributed by atoms with Gasteiger partial charge >= 0.3 is 0 Å². The van der Waals surface area contributed by atoms with E-state index in [4.69, 9.17) is 5.73 Å². The molecule has 2 aromatic rings. The summed E-state index contributed by atoms with van der Waals surface area (Å²) in [6.45, 7) is 2.35. The Bertz CT molecular complexity index is 598. The van der Waals surface area contributed by atoms with E-state index in [-0.39, 0.29) is 17.5 Å². The molecule has 0 spiro atoms. The SMILES string of the molecule is CC(NC(=O)c1cncc(F)c1)c1ccc(CN)cc1. The lowest BCUT2D eigenvalue weighted by Gasteiger charge is -2.14. The Hall–Kier alpha value is -2.27. The molecule has 0 aliphatic rings. The van der Waals surface area contributed by atoms with E-state index < -0.39 is 5.82 Å². The minimum Gasteiger partial charge on any atom is -0.345 e.